The van der Waals surface area contributed by atoms with Gasteiger partial charge in [0.2, 0.25) is 0 Å². The zero-order valence-electron chi connectivity index (χ0n) is 10.5. The lowest BCUT2D eigenvalue weighted by Gasteiger charge is -2.06. The molecule has 1 aromatic carbocycles. The molecule has 0 spiro atoms. The molecule has 100 valence electrons. The Labute approximate surface area is 110 Å². The lowest BCUT2D eigenvalue weighted by molar-refractivity contribution is -0.123. The molecule has 4 nitrogen and oxygen atoms in total. The number of rotatable bonds is 5. The molecule has 0 unspecified atom stereocenters. The minimum atomic E-state index is -0.399. The monoisotopic (exact) mass is 263 g/mol. The van der Waals surface area contributed by atoms with Crippen LogP contribution in [0.25, 0.3) is 0 Å². The van der Waals surface area contributed by atoms with E-state index in [4.69, 9.17) is 9.15 Å². The van der Waals surface area contributed by atoms with Crippen molar-refractivity contribution in [2.45, 2.75) is 13.5 Å². The summed E-state index contributed by atoms with van der Waals surface area (Å²) in [5.41, 5.74) is 0. The minimum Gasteiger partial charge on any atom is -0.484 e. The number of benzene rings is 1. The van der Waals surface area contributed by atoms with Crippen LogP contribution in [0.5, 0.6) is 5.75 Å². The maximum Gasteiger partial charge on any atom is 0.258 e. The molecular weight excluding hydrogens is 249 g/mol. The average Bonchev–Trinajstić information content (AvgIpc) is 2.80. The predicted octanol–water partition coefficient (Wildman–Crippen LogP) is 2.42. The van der Waals surface area contributed by atoms with Crippen LogP contribution in [0.1, 0.15) is 11.5 Å². The molecule has 5 heteroatoms. The van der Waals surface area contributed by atoms with E-state index in [2.05, 4.69) is 5.32 Å². The van der Waals surface area contributed by atoms with E-state index in [0.717, 1.165) is 5.76 Å². The summed E-state index contributed by atoms with van der Waals surface area (Å²) in [6.45, 7) is 1.97. The Hall–Kier alpha value is -2.30. The quantitative estimate of drug-likeness (QED) is 0.901. The second kappa shape index (κ2) is 6.04. The third-order valence-electron chi connectivity index (χ3n) is 2.42. The number of hydrogen-bond acceptors (Lipinski definition) is 3. The smallest absolute Gasteiger partial charge is 0.258 e. The van der Waals surface area contributed by atoms with Gasteiger partial charge in [0.1, 0.15) is 23.1 Å². The maximum absolute atomic E-state index is 12.9. The summed E-state index contributed by atoms with van der Waals surface area (Å²) in [5.74, 6) is 1.10. The molecule has 0 atom stereocenters. The molecule has 1 amide bonds. The van der Waals surface area contributed by atoms with Gasteiger partial charge in [-0.15, -0.1) is 0 Å². The second-order valence-electron chi connectivity index (χ2n) is 4.04. The van der Waals surface area contributed by atoms with Crippen molar-refractivity contribution in [3.05, 3.63) is 53.7 Å². The zero-order chi connectivity index (χ0) is 13.7. The van der Waals surface area contributed by atoms with Gasteiger partial charge in [-0.3, -0.25) is 4.79 Å². The fourth-order valence-electron chi connectivity index (χ4n) is 1.52. The minimum absolute atomic E-state index is 0.164. The van der Waals surface area contributed by atoms with E-state index in [9.17, 15) is 9.18 Å². The number of furan rings is 1. The van der Waals surface area contributed by atoms with E-state index in [1.165, 1.54) is 18.2 Å². The Morgan fingerprint density at radius 1 is 1.37 bits per heavy atom. The van der Waals surface area contributed by atoms with Crippen LogP contribution in [0.2, 0.25) is 0 Å². The van der Waals surface area contributed by atoms with Gasteiger partial charge in [-0.2, -0.15) is 0 Å². The van der Waals surface area contributed by atoms with Crippen LogP contribution in [-0.4, -0.2) is 12.5 Å². The lowest BCUT2D eigenvalue weighted by Crippen LogP contribution is -2.28. The molecule has 0 radical (unpaired) electrons. The summed E-state index contributed by atoms with van der Waals surface area (Å²) in [6.07, 6.45) is 0. The van der Waals surface area contributed by atoms with Gasteiger partial charge in [-0.05, 0) is 31.2 Å². The largest absolute Gasteiger partial charge is 0.484 e. The summed E-state index contributed by atoms with van der Waals surface area (Å²) in [5, 5.41) is 2.65. The summed E-state index contributed by atoms with van der Waals surface area (Å²) in [6, 6.07) is 9.27. The van der Waals surface area contributed by atoms with Gasteiger partial charge in [-0.1, -0.05) is 6.07 Å². The Morgan fingerprint density at radius 2 is 2.21 bits per heavy atom. The van der Waals surface area contributed by atoms with Gasteiger partial charge in [-0.25, -0.2) is 4.39 Å². The average molecular weight is 263 g/mol. The molecule has 2 aromatic rings. The van der Waals surface area contributed by atoms with Crippen molar-refractivity contribution < 1.29 is 18.3 Å². The highest BCUT2D eigenvalue weighted by atomic mass is 19.1. The van der Waals surface area contributed by atoms with Crippen LogP contribution in [0.15, 0.2) is 40.8 Å². The zero-order valence-corrected chi connectivity index (χ0v) is 10.5. The first-order chi connectivity index (χ1) is 9.13. The van der Waals surface area contributed by atoms with E-state index in [1.54, 1.807) is 12.1 Å². The first-order valence-electron chi connectivity index (χ1n) is 5.84. The molecular formula is C14H14FNO3. The molecule has 0 saturated carbocycles. The van der Waals surface area contributed by atoms with Gasteiger partial charge in [0.25, 0.3) is 5.91 Å². The Morgan fingerprint density at radius 3 is 2.89 bits per heavy atom. The molecule has 1 heterocycles. The lowest BCUT2D eigenvalue weighted by atomic mass is 10.3. The number of amides is 1. The van der Waals surface area contributed by atoms with Gasteiger partial charge in [0.15, 0.2) is 6.61 Å². The first-order valence-corrected chi connectivity index (χ1v) is 5.84. The fourth-order valence-corrected chi connectivity index (χ4v) is 1.52. The first kappa shape index (κ1) is 13.1. The molecule has 0 aliphatic carbocycles. The summed E-state index contributed by atoms with van der Waals surface area (Å²) in [7, 11) is 0. The highest BCUT2D eigenvalue weighted by molar-refractivity contribution is 5.77. The van der Waals surface area contributed by atoms with Crippen molar-refractivity contribution in [2.75, 3.05) is 6.61 Å². The van der Waals surface area contributed by atoms with E-state index in [0.29, 0.717) is 18.1 Å². The number of hydrogen-bond donors (Lipinski definition) is 1. The van der Waals surface area contributed by atoms with Crippen molar-refractivity contribution in [3.8, 4) is 5.75 Å². The maximum atomic E-state index is 12.9. The third kappa shape index (κ3) is 4.13. The number of aryl methyl sites for hydroxylation is 1. The van der Waals surface area contributed by atoms with E-state index >= 15 is 0 Å². The molecule has 0 fully saturated rings. The number of halogens is 1. The van der Waals surface area contributed by atoms with Crippen LogP contribution in [0.3, 0.4) is 0 Å². The van der Waals surface area contributed by atoms with Crippen LogP contribution < -0.4 is 10.1 Å². The Kier molecular flexibility index (Phi) is 4.18. The normalized spacial score (nSPS) is 10.2. The molecule has 19 heavy (non-hydrogen) atoms. The SMILES string of the molecule is Cc1ccc(CNC(=O)COc2cccc(F)c2)o1. The molecule has 0 aliphatic rings. The Bertz CT molecular complexity index is 565. The number of nitrogens with one attached hydrogen (secondary N) is 1. The topological polar surface area (TPSA) is 51.5 Å². The van der Waals surface area contributed by atoms with Crippen LogP contribution in [0, 0.1) is 12.7 Å². The Balaban J connectivity index is 1.75. The molecule has 0 aliphatic heterocycles. The number of carbonyl (C=O) groups excluding carboxylic acids is 1. The summed E-state index contributed by atoms with van der Waals surface area (Å²) >= 11 is 0. The van der Waals surface area contributed by atoms with Crippen molar-refractivity contribution in [3.63, 3.8) is 0 Å². The number of ether oxygens (including phenoxy) is 1. The van der Waals surface area contributed by atoms with E-state index < -0.39 is 5.82 Å². The van der Waals surface area contributed by atoms with Crippen molar-refractivity contribution >= 4 is 5.91 Å². The molecule has 2 rings (SSSR count). The predicted molar refractivity (Wildman–Crippen MR) is 67.2 cm³/mol. The standard InChI is InChI=1S/C14H14FNO3/c1-10-5-6-13(19-10)8-16-14(17)9-18-12-4-2-3-11(15)7-12/h2-7H,8-9H2,1H3,(H,16,17). The molecule has 1 N–H and O–H groups in total. The van der Waals surface area contributed by atoms with Gasteiger partial charge < -0.3 is 14.5 Å². The van der Waals surface area contributed by atoms with E-state index in [-0.39, 0.29) is 12.5 Å². The van der Waals surface area contributed by atoms with Crippen LogP contribution in [-0.2, 0) is 11.3 Å². The van der Waals surface area contributed by atoms with E-state index in [1.807, 2.05) is 13.0 Å². The molecule has 0 bridgehead atoms. The van der Waals surface area contributed by atoms with Crippen molar-refractivity contribution in [2.24, 2.45) is 0 Å². The molecule has 1 aromatic heterocycles. The second-order valence-corrected chi connectivity index (χ2v) is 4.04. The van der Waals surface area contributed by atoms with Crippen molar-refractivity contribution in [1.82, 2.24) is 5.32 Å². The fraction of sp³-hybridized carbons (Fsp3) is 0.214. The number of carbonyl (C=O) groups is 1. The molecule has 0 saturated heterocycles. The summed E-state index contributed by atoms with van der Waals surface area (Å²) < 4.78 is 23.3. The van der Waals surface area contributed by atoms with Crippen LogP contribution >= 0.6 is 0 Å². The van der Waals surface area contributed by atoms with Gasteiger partial charge >= 0.3 is 0 Å². The summed E-state index contributed by atoms with van der Waals surface area (Å²) in [4.78, 5) is 11.5. The van der Waals surface area contributed by atoms with Gasteiger partial charge in [0, 0.05) is 6.07 Å². The van der Waals surface area contributed by atoms with Crippen LogP contribution in [0.4, 0.5) is 4.39 Å². The van der Waals surface area contributed by atoms with Crippen molar-refractivity contribution in [1.29, 1.82) is 0 Å². The van der Waals surface area contributed by atoms with Gasteiger partial charge in [0.05, 0.1) is 6.54 Å². The highest BCUT2D eigenvalue weighted by Gasteiger charge is 2.05. The highest BCUT2D eigenvalue weighted by Crippen LogP contribution is 2.11. The third-order valence-corrected chi connectivity index (χ3v) is 2.42.